The van der Waals surface area contributed by atoms with Crippen LogP contribution in [0.3, 0.4) is 0 Å². The van der Waals surface area contributed by atoms with E-state index in [1.165, 1.54) is 17.7 Å². The molecule has 0 radical (unpaired) electrons. The minimum absolute atomic E-state index is 0.0869. The number of rotatable bonds is 8. The van der Waals surface area contributed by atoms with Crippen molar-refractivity contribution in [3.05, 3.63) is 71.5 Å². The van der Waals surface area contributed by atoms with Gasteiger partial charge >= 0.3 is 0 Å². The van der Waals surface area contributed by atoms with E-state index in [1.54, 1.807) is 12.1 Å². The summed E-state index contributed by atoms with van der Waals surface area (Å²) in [5.74, 6) is -0.143. The molecular formula is C22H28FN3O. The van der Waals surface area contributed by atoms with E-state index in [0.717, 1.165) is 51.3 Å². The molecule has 0 spiro atoms. The van der Waals surface area contributed by atoms with Crippen LogP contribution in [-0.4, -0.2) is 55.0 Å². The second kappa shape index (κ2) is 10.2. The fraction of sp³-hybridized carbons (Fsp3) is 0.409. The molecule has 1 N–H and O–H groups in total. The lowest BCUT2D eigenvalue weighted by Gasteiger charge is -2.34. The first-order valence-corrected chi connectivity index (χ1v) is 9.69. The third-order valence-corrected chi connectivity index (χ3v) is 5.02. The highest BCUT2D eigenvalue weighted by molar-refractivity contribution is 5.76. The molecule has 5 heteroatoms. The molecule has 3 rings (SSSR count). The van der Waals surface area contributed by atoms with E-state index in [4.69, 9.17) is 0 Å². The summed E-state index contributed by atoms with van der Waals surface area (Å²) in [6.45, 7) is 6.50. The molecule has 1 fully saturated rings. The molecule has 0 saturated carbocycles. The molecule has 2 aromatic rings. The molecule has 0 bridgehead atoms. The molecule has 0 unspecified atom stereocenters. The van der Waals surface area contributed by atoms with Crippen LogP contribution in [0.5, 0.6) is 0 Å². The van der Waals surface area contributed by atoms with Crippen molar-refractivity contribution < 1.29 is 9.18 Å². The Morgan fingerprint density at radius 1 is 0.889 bits per heavy atom. The summed E-state index contributed by atoms with van der Waals surface area (Å²) in [4.78, 5) is 16.9. The van der Waals surface area contributed by atoms with Gasteiger partial charge in [0.1, 0.15) is 5.82 Å². The predicted molar refractivity (Wildman–Crippen MR) is 106 cm³/mol. The average Bonchev–Trinajstić information content (AvgIpc) is 2.70. The Kier molecular flexibility index (Phi) is 7.36. The summed E-state index contributed by atoms with van der Waals surface area (Å²) >= 11 is 0. The van der Waals surface area contributed by atoms with E-state index in [2.05, 4.69) is 39.4 Å². The molecule has 1 saturated heterocycles. The van der Waals surface area contributed by atoms with Gasteiger partial charge in [0.25, 0.3) is 0 Å². The molecule has 0 aliphatic carbocycles. The summed E-state index contributed by atoms with van der Waals surface area (Å²) in [5.41, 5.74) is 2.39. The Morgan fingerprint density at radius 3 is 2.26 bits per heavy atom. The van der Waals surface area contributed by atoms with Crippen LogP contribution in [0.2, 0.25) is 0 Å². The Bertz CT molecular complexity index is 697. The van der Waals surface area contributed by atoms with Crippen LogP contribution in [0.1, 0.15) is 17.5 Å². The van der Waals surface area contributed by atoms with Gasteiger partial charge in [0.2, 0.25) is 5.91 Å². The highest BCUT2D eigenvalue weighted by Gasteiger charge is 2.17. The van der Waals surface area contributed by atoms with Crippen LogP contribution in [0, 0.1) is 5.82 Å². The van der Waals surface area contributed by atoms with Gasteiger partial charge in [-0.3, -0.25) is 9.69 Å². The second-order valence-corrected chi connectivity index (χ2v) is 7.08. The van der Waals surface area contributed by atoms with Gasteiger partial charge in [0.15, 0.2) is 0 Å². The number of benzene rings is 2. The largest absolute Gasteiger partial charge is 0.356 e. The Hall–Kier alpha value is -2.24. The van der Waals surface area contributed by atoms with Crippen LogP contribution in [0.4, 0.5) is 4.39 Å². The van der Waals surface area contributed by atoms with Gasteiger partial charge in [-0.15, -0.1) is 0 Å². The third kappa shape index (κ3) is 6.77. The number of hydrogen-bond acceptors (Lipinski definition) is 3. The Labute approximate surface area is 161 Å². The summed E-state index contributed by atoms with van der Waals surface area (Å²) in [5, 5.41) is 2.96. The van der Waals surface area contributed by atoms with E-state index < -0.39 is 0 Å². The molecule has 1 aliphatic rings. The van der Waals surface area contributed by atoms with Crippen molar-refractivity contribution in [2.75, 3.05) is 39.3 Å². The lowest BCUT2D eigenvalue weighted by molar-refractivity contribution is -0.121. The van der Waals surface area contributed by atoms with Crippen molar-refractivity contribution in [2.24, 2.45) is 0 Å². The zero-order valence-electron chi connectivity index (χ0n) is 15.7. The fourth-order valence-electron chi connectivity index (χ4n) is 3.36. The quantitative estimate of drug-likeness (QED) is 0.777. The van der Waals surface area contributed by atoms with E-state index in [-0.39, 0.29) is 11.7 Å². The Balaban J connectivity index is 1.28. The van der Waals surface area contributed by atoms with Gasteiger partial charge in [0.05, 0.1) is 0 Å². The smallest absolute Gasteiger partial charge is 0.221 e. The van der Waals surface area contributed by atoms with Crippen LogP contribution in [0.25, 0.3) is 0 Å². The number of amides is 1. The molecular weight excluding hydrogens is 341 g/mol. The second-order valence-electron chi connectivity index (χ2n) is 7.08. The van der Waals surface area contributed by atoms with Gasteiger partial charge in [-0.2, -0.15) is 0 Å². The molecule has 1 heterocycles. The van der Waals surface area contributed by atoms with Crippen LogP contribution in [0.15, 0.2) is 54.6 Å². The minimum atomic E-state index is -0.230. The first-order valence-electron chi connectivity index (χ1n) is 9.69. The standard InChI is InChI=1S/C22H28FN3O/c23-21-8-6-19(7-9-21)10-12-24-22(27)11-13-25-14-16-26(17-15-25)18-20-4-2-1-3-5-20/h1-9H,10-18H2,(H,24,27). The molecule has 2 aromatic carbocycles. The van der Waals surface area contributed by atoms with Gasteiger partial charge in [-0.05, 0) is 29.7 Å². The third-order valence-electron chi connectivity index (χ3n) is 5.02. The van der Waals surface area contributed by atoms with Gasteiger partial charge < -0.3 is 10.2 Å². The first-order chi connectivity index (χ1) is 13.2. The number of carbonyl (C=O) groups is 1. The van der Waals surface area contributed by atoms with E-state index in [0.29, 0.717) is 13.0 Å². The lowest BCUT2D eigenvalue weighted by atomic mass is 10.1. The Morgan fingerprint density at radius 2 is 1.56 bits per heavy atom. The van der Waals surface area contributed by atoms with Crippen LogP contribution >= 0.6 is 0 Å². The van der Waals surface area contributed by atoms with Crippen molar-refractivity contribution >= 4 is 5.91 Å². The maximum absolute atomic E-state index is 12.9. The molecule has 4 nitrogen and oxygen atoms in total. The molecule has 1 aliphatic heterocycles. The molecule has 144 valence electrons. The van der Waals surface area contributed by atoms with Crippen molar-refractivity contribution in [3.63, 3.8) is 0 Å². The number of halogens is 1. The minimum Gasteiger partial charge on any atom is -0.356 e. The van der Waals surface area contributed by atoms with E-state index in [9.17, 15) is 9.18 Å². The molecule has 0 aromatic heterocycles. The van der Waals surface area contributed by atoms with Crippen molar-refractivity contribution in [1.29, 1.82) is 0 Å². The fourth-order valence-corrected chi connectivity index (χ4v) is 3.36. The first kappa shape index (κ1) is 19.5. The highest BCUT2D eigenvalue weighted by atomic mass is 19.1. The van der Waals surface area contributed by atoms with Gasteiger partial charge in [-0.25, -0.2) is 4.39 Å². The highest BCUT2D eigenvalue weighted by Crippen LogP contribution is 2.08. The van der Waals surface area contributed by atoms with E-state index in [1.807, 2.05) is 6.07 Å². The zero-order chi connectivity index (χ0) is 18.9. The maximum Gasteiger partial charge on any atom is 0.221 e. The van der Waals surface area contributed by atoms with Crippen LogP contribution in [-0.2, 0) is 17.8 Å². The number of nitrogens with zero attached hydrogens (tertiary/aromatic N) is 2. The topological polar surface area (TPSA) is 35.6 Å². The number of nitrogens with one attached hydrogen (secondary N) is 1. The summed E-state index contributed by atoms with van der Waals surface area (Å²) < 4.78 is 12.9. The molecule has 1 amide bonds. The van der Waals surface area contributed by atoms with Crippen molar-refractivity contribution in [1.82, 2.24) is 15.1 Å². The van der Waals surface area contributed by atoms with Crippen molar-refractivity contribution in [2.45, 2.75) is 19.4 Å². The number of hydrogen-bond donors (Lipinski definition) is 1. The van der Waals surface area contributed by atoms with Gasteiger partial charge in [-0.1, -0.05) is 42.5 Å². The monoisotopic (exact) mass is 369 g/mol. The normalized spacial score (nSPS) is 15.6. The predicted octanol–water partition coefficient (Wildman–Crippen LogP) is 2.69. The SMILES string of the molecule is O=C(CCN1CCN(Cc2ccccc2)CC1)NCCc1ccc(F)cc1. The van der Waals surface area contributed by atoms with E-state index >= 15 is 0 Å². The number of piperazine rings is 1. The number of carbonyl (C=O) groups excluding carboxylic acids is 1. The molecule has 0 atom stereocenters. The zero-order valence-corrected chi connectivity index (χ0v) is 15.7. The lowest BCUT2D eigenvalue weighted by Crippen LogP contribution is -2.46. The average molecular weight is 369 g/mol. The van der Waals surface area contributed by atoms with Crippen LogP contribution < -0.4 is 5.32 Å². The maximum atomic E-state index is 12.9. The summed E-state index contributed by atoms with van der Waals surface area (Å²) in [6, 6.07) is 17.0. The van der Waals surface area contributed by atoms with Gasteiger partial charge in [0, 0.05) is 52.2 Å². The van der Waals surface area contributed by atoms with Crippen molar-refractivity contribution in [3.8, 4) is 0 Å². The summed E-state index contributed by atoms with van der Waals surface area (Å²) in [6.07, 6.45) is 1.26. The molecule has 27 heavy (non-hydrogen) atoms. The summed E-state index contributed by atoms with van der Waals surface area (Å²) in [7, 11) is 0.